The van der Waals surface area contributed by atoms with Crippen LogP contribution in [0.1, 0.15) is 11.6 Å². The Hall–Kier alpha value is -0.710. The van der Waals surface area contributed by atoms with Crippen LogP contribution in [0.2, 0.25) is 0 Å². The van der Waals surface area contributed by atoms with Crippen molar-refractivity contribution >= 4 is 22.2 Å². The Balaban J connectivity index is 2.17. The lowest BCUT2D eigenvalue weighted by atomic mass is 10.1. The van der Waals surface area contributed by atoms with Gasteiger partial charge < -0.3 is 9.53 Å². The van der Waals surface area contributed by atoms with Gasteiger partial charge in [-0.1, -0.05) is 28.1 Å². The highest BCUT2D eigenvalue weighted by Gasteiger charge is 2.21. The maximum absolute atomic E-state index is 11.2. The van der Waals surface area contributed by atoms with Gasteiger partial charge in [0, 0.05) is 17.6 Å². The van der Waals surface area contributed by atoms with Crippen LogP contribution in [0.4, 0.5) is 0 Å². The predicted molar refractivity (Wildman–Crippen MR) is 65.3 cm³/mol. The summed E-state index contributed by atoms with van der Waals surface area (Å²) in [6.07, 6.45) is 1.01. The summed E-state index contributed by atoms with van der Waals surface area (Å²) in [5.74, 6) is 0. The van der Waals surface area contributed by atoms with Gasteiger partial charge in [0.15, 0.2) is 0 Å². The fraction of sp³-hybridized carbons (Fsp3) is 0.417. The second-order valence-corrected chi connectivity index (χ2v) is 4.70. The van der Waals surface area contributed by atoms with Crippen LogP contribution in [0.5, 0.6) is 0 Å². The third-order valence-electron chi connectivity index (χ3n) is 2.76. The fourth-order valence-corrected chi connectivity index (χ4v) is 2.34. The van der Waals surface area contributed by atoms with Crippen LogP contribution in [0, 0.1) is 0 Å². The van der Waals surface area contributed by atoms with Crippen LogP contribution in [-0.2, 0) is 9.53 Å². The number of hydrogen-bond acceptors (Lipinski definition) is 3. The quantitative estimate of drug-likeness (QED) is 0.795. The molecule has 0 spiro atoms. The minimum Gasteiger partial charge on any atom is -0.379 e. The van der Waals surface area contributed by atoms with Crippen LogP contribution in [0.25, 0.3) is 0 Å². The number of ether oxygens (including phenoxy) is 1. The molecule has 1 aliphatic heterocycles. The molecule has 1 atom stereocenters. The molecule has 1 aromatic carbocycles. The van der Waals surface area contributed by atoms with Gasteiger partial charge in [-0.15, -0.1) is 0 Å². The molecule has 2 rings (SSSR count). The molecule has 1 fully saturated rings. The summed E-state index contributed by atoms with van der Waals surface area (Å²) in [7, 11) is 0. The zero-order valence-electron chi connectivity index (χ0n) is 8.93. The molecule has 1 heterocycles. The summed E-state index contributed by atoms with van der Waals surface area (Å²) in [5, 5.41) is 0. The Kier molecular flexibility index (Phi) is 4.09. The molecule has 0 bridgehead atoms. The van der Waals surface area contributed by atoms with Crippen molar-refractivity contribution in [1.82, 2.24) is 4.90 Å². The number of hydrogen-bond donors (Lipinski definition) is 0. The van der Waals surface area contributed by atoms with Crippen molar-refractivity contribution in [3.05, 3.63) is 34.3 Å². The molecule has 1 unspecified atom stereocenters. The molecule has 1 aliphatic rings. The Labute approximate surface area is 104 Å². The van der Waals surface area contributed by atoms with E-state index in [4.69, 9.17) is 4.74 Å². The number of carbonyl (C=O) groups excluding carboxylic acids is 1. The summed E-state index contributed by atoms with van der Waals surface area (Å²) in [4.78, 5) is 13.4. The van der Waals surface area contributed by atoms with Crippen molar-refractivity contribution in [3.63, 3.8) is 0 Å². The summed E-state index contributed by atoms with van der Waals surface area (Å²) >= 11 is 3.42. The van der Waals surface area contributed by atoms with Crippen molar-refractivity contribution in [1.29, 1.82) is 0 Å². The highest BCUT2D eigenvalue weighted by molar-refractivity contribution is 9.10. The molecule has 0 radical (unpaired) electrons. The maximum Gasteiger partial charge on any atom is 0.141 e. The van der Waals surface area contributed by atoms with Gasteiger partial charge in [0.25, 0.3) is 0 Å². The summed E-state index contributed by atoms with van der Waals surface area (Å²) in [6, 6.07) is 7.75. The Bertz CT molecular complexity index is 364. The average Bonchev–Trinajstić information content (AvgIpc) is 2.31. The molecule has 4 heteroatoms. The SMILES string of the molecule is O=CC(c1cccc(Br)c1)N1CCOCC1. The van der Waals surface area contributed by atoms with Gasteiger partial charge in [0.1, 0.15) is 6.29 Å². The molecular formula is C12H14BrNO2. The summed E-state index contributed by atoms with van der Waals surface area (Å²) in [5.41, 5.74) is 1.03. The molecule has 0 aliphatic carbocycles. The number of rotatable bonds is 3. The zero-order chi connectivity index (χ0) is 11.4. The number of carbonyl (C=O) groups is 1. The van der Waals surface area contributed by atoms with Gasteiger partial charge in [-0.05, 0) is 17.7 Å². The second kappa shape index (κ2) is 5.57. The van der Waals surface area contributed by atoms with E-state index < -0.39 is 0 Å². The van der Waals surface area contributed by atoms with Crippen molar-refractivity contribution < 1.29 is 9.53 Å². The molecule has 1 saturated heterocycles. The van der Waals surface area contributed by atoms with Gasteiger partial charge in [0.2, 0.25) is 0 Å². The van der Waals surface area contributed by atoms with E-state index in [1.54, 1.807) is 0 Å². The van der Waals surface area contributed by atoms with Crippen molar-refractivity contribution in [2.45, 2.75) is 6.04 Å². The lowest BCUT2D eigenvalue weighted by Crippen LogP contribution is -2.39. The maximum atomic E-state index is 11.2. The predicted octanol–water partition coefficient (Wildman–Crippen LogP) is 2.02. The lowest BCUT2D eigenvalue weighted by molar-refractivity contribution is -0.114. The molecular weight excluding hydrogens is 270 g/mol. The Morgan fingerprint density at radius 1 is 1.38 bits per heavy atom. The minimum atomic E-state index is -0.151. The van der Waals surface area contributed by atoms with Crippen LogP contribution >= 0.6 is 15.9 Å². The number of aldehydes is 1. The molecule has 0 amide bonds. The van der Waals surface area contributed by atoms with Crippen LogP contribution in [0.15, 0.2) is 28.7 Å². The number of morpholine rings is 1. The van der Waals surface area contributed by atoms with E-state index in [9.17, 15) is 4.79 Å². The molecule has 3 nitrogen and oxygen atoms in total. The average molecular weight is 284 g/mol. The summed E-state index contributed by atoms with van der Waals surface area (Å²) < 4.78 is 6.29. The Morgan fingerprint density at radius 2 is 2.12 bits per heavy atom. The first-order valence-corrected chi connectivity index (χ1v) is 6.13. The van der Waals surface area contributed by atoms with E-state index in [2.05, 4.69) is 20.8 Å². The fourth-order valence-electron chi connectivity index (χ4n) is 1.92. The molecule has 16 heavy (non-hydrogen) atoms. The van der Waals surface area contributed by atoms with E-state index in [0.717, 1.165) is 29.4 Å². The van der Waals surface area contributed by atoms with E-state index in [-0.39, 0.29) is 6.04 Å². The lowest BCUT2D eigenvalue weighted by Gasteiger charge is -2.31. The van der Waals surface area contributed by atoms with Crippen LogP contribution in [0.3, 0.4) is 0 Å². The smallest absolute Gasteiger partial charge is 0.141 e. The van der Waals surface area contributed by atoms with Gasteiger partial charge >= 0.3 is 0 Å². The molecule has 1 aromatic rings. The largest absolute Gasteiger partial charge is 0.379 e. The highest BCUT2D eigenvalue weighted by Crippen LogP contribution is 2.22. The van der Waals surface area contributed by atoms with Crippen molar-refractivity contribution in [2.75, 3.05) is 26.3 Å². The first kappa shape index (κ1) is 11.8. The zero-order valence-corrected chi connectivity index (χ0v) is 10.5. The number of halogens is 1. The molecule has 86 valence electrons. The molecule has 0 aromatic heterocycles. The first-order valence-electron chi connectivity index (χ1n) is 5.34. The van der Waals surface area contributed by atoms with Crippen LogP contribution in [-0.4, -0.2) is 37.5 Å². The highest BCUT2D eigenvalue weighted by atomic mass is 79.9. The minimum absolute atomic E-state index is 0.151. The Morgan fingerprint density at radius 3 is 2.75 bits per heavy atom. The molecule has 0 saturated carbocycles. The molecule has 0 N–H and O–H groups in total. The topological polar surface area (TPSA) is 29.5 Å². The summed E-state index contributed by atoms with van der Waals surface area (Å²) in [6.45, 7) is 3.04. The van der Waals surface area contributed by atoms with Gasteiger partial charge in [-0.3, -0.25) is 4.90 Å². The van der Waals surface area contributed by atoms with Gasteiger partial charge in [0.05, 0.1) is 19.3 Å². The van der Waals surface area contributed by atoms with Crippen LogP contribution < -0.4 is 0 Å². The van der Waals surface area contributed by atoms with Crippen molar-refractivity contribution in [2.24, 2.45) is 0 Å². The van der Waals surface area contributed by atoms with E-state index in [1.807, 2.05) is 24.3 Å². The first-order chi connectivity index (χ1) is 7.81. The van der Waals surface area contributed by atoms with E-state index in [0.29, 0.717) is 13.2 Å². The number of benzene rings is 1. The number of nitrogens with zero attached hydrogens (tertiary/aromatic N) is 1. The van der Waals surface area contributed by atoms with E-state index >= 15 is 0 Å². The van der Waals surface area contributed by atoms with Gasteiger partial charge in [-0.25, -0.2) is 0 Å². The monoisotopic (exact) mass is 283 g/mol. The van der Waals surface area contributed by atoms with Crippen molar-refractivity contribution in [3.8, 4) is 0 Å². The standard InChI is InChI=1S/C12H14BrNO2/c13-11-3-1-2-10(8-11)12(9-15)14-4-6-16-7-5-14/h1-3,8-9,12H,4-7H2. The third kappa shape index (κ3) is 2.70. The second-order valence-electron chi connectivity index (χ2n) is 3.78. The van der Waals surface area contributed by atoms with Gasteiger partial charge in [-0.2, -0.15) is 0 Å². The third-order valence-corrected chi connectivity index (χ3v) is 3.25. The van der Waals surface area contributed by atoms with E-state index in [1.165, 1.54) is 0 Å². The normalized spacial score (nSPS) is 19.3.